The molecule has 0 bridgehead atoms. The van der Waals surface area contributed by atoms with E-state index < -0.39 is 5.97 Å². The molecule has 2 heterocycles. The molecule has 0 saturated carbocycles. The third-order valence-corrected chi connectivity index (χ3v) is 4.15. The van der Waals surface area contributed by atoms with Crippen molar-refractivity contribution in [1.82, 2.24) is 5.32 Å². The Morgan fingerprint density at radius 1 is 1.50 bits per heavy atom. The number of likely N-dealkylation sites (N-methyl/N-ethyl adjacent to an activating group) is 1. The van der Waals surface area contributed by atoms with Gasteiger partial charge in [-0.3, -0.25) is 4.79 Å². The van der Waals surface area contributed by atoms with Gasteiger partial charge in [-0.2, -0.15) is 0 Å². The van der Waals surface area contributed by atoms with Gasteiger partial charge in [-0.05, 0) is 30.0 Å². The molecule has 1 aromatic carbocycles. The number of benzene rings is 1. The van der Waals surface area contributed by atoms with Gasteiger partial charge in [0.05, 0.1) is 5.92 Å². The molecule has 0 radical (unpaired) electrons. The van der Waals surface area contributed by atoms with Crippen LogP contribution in [0.4, 0.5) is 5.69 Å². The van der Waals surface area contributed by atoms with Gasteiger partial charge in [0.15, 0.2) is 0 Å². The van der Waals surface area contributed by atoms with E-state index in [1.165, 1.54) is 16.8 Å². The van der Waals surface area contributed by atoms with Crippen LogP contribution in [0, 0.1) is 5.92 Å². The van der Waals surface area contributed by atoms with Gasteiger partial charge >= 0.3 is 5.97 Å². The number of carbonyl (C=O) groups is 1. The lowest BCUT2D eigenvalue weighted by Gasteiger charge is -2.17. The van der Waals surface area contributed by atoms with E-state index in [0.717, 1.165) is 13.0 Å². The van der Waals surface area contributed by atoms with Crippen LogP contribution >= 0.6 is 0 Å². The monoisotopic (exact) mass is 246 g/mol. The van der Waals surface area contributed by atoms with Crippen molar-refractivity contribution in [2.75, 3.05) is 25.0 Å². The summed E-state index contributed by atoms with van der Waals surface area (Å²) >= 11 is 0. The van der Waals surface area contributed by atoms with Crippen molar-refractivity contribution in [2.24, 2.45) is 5.92 Å². The van der Waals surface area contributed by atoms with Crippen molar-refractivity contribution in [1.29, 1.82) is 0 Å². The third kappa shape index (κ3) is 1.77. The van der Waals surface area contributed by atoms with Gasteiger partial charge in [0.2, 0.25) is 0 Å². The molecule has 1 saturated heterocycles. The lowest BCUT2D eigenvalue weighted by Crippen LogP contribution is -2.17. The maximum absolute atomic E-state index is 11.0. The Kier molecular flexibility index (Phi) is 2.74. The summed E-state index contributed by atoms with van der Waals surface area (Å²) in [5, 5.41) is 12.4. The molecule has 96 valence electrons. The summed E-state index contributed by atoms with van der Waals surface area (Å²) in [7, 11) is 2.11. The van der Waals surface area contributed by atoms with Crippen LogP contribution in [0.15, 0.2) is 18.2 Å². The Balaban J connectivity index is 1.88. The van der Waals surface area contributed by atoms with Crippen LogP contribution < -0.4 is 10.2 Å². The maximum atomic E-state index is 11.0. The molecule has 4 heteroatoms. The first-order valence-electron chi connectivity index (χ1n) is 6.46. The number of hydrogen-bond acceptors (Lipinski definition) is 3. The quantitative estimate of drug-likeness (QED) is 0.828. The molecule has 0 aliphatic carbocycles. The van der Waals surface area contributed by atoms with E-state index >= 15 is 0 Å². The molecule has 2 unspecified atom stereocenters. The van der Waals surface area contributed by atoms with E-state index in [1.54, 1.807) is 0 Å². The summed E-state index contributed by atoms with van der Waals surface area (Å²) in [6, 6.07) is 6.56. The minimum Gasteiger partial charge on any atom is -0.481 e. The number of anilines is 1. The topological polar surface area (TPSA) is 52.6 Å². The van der Waals surface area contributed by atoms with Gasteiger partial charge in [-0.1, -0.05) is 12.1 Å². The molecule has 1 aromatic rings. The van der Waals surface area contributed by atoms with E-state index in [1.807, 2.05) is 0 Å². The highest BCUT2D eigenvalue weighted by atomic mass is 16.4. The number of carboxylic acid groups (broad SMARTS) is 1. The second-order valence-electron chi connectivity index (χ2n) is 5.25. The van der Waals surface area contributed by atoms with E-state index in [4.69, 9.17) is 5.11 Å². The van der Waals surface area contributed by atoms with Crippen LogP contribution in [0.2, 0.25) is 0 Å². The fourth-order valence-corrected chi connectivity index (χ4v) is 3.11. The van der Waals surface area contributed by atoms with Crippen LogP contribution in [0.3, 0.4) is 0 Å². The van der Waals surface area contributed by atoms with Gasteiger partial charge in [-0.25, -0.2) is 0 Å². The molecule has 1 fully saturated rings. The van der Waals surface area contributed by atoms with Gasteiger partial charge in [0.1, 0.15) is 0 Å². The SMILES string of the molecule is CN1CCc2c(C3CC(C(=O)O)CN3)cccc21. The minimum atomic E-state index is -0.685. The highest BCUT2D eigenvalue weighted by Crippen LogP contribution is 2.36. The Labute approximate surface area is 107 Å². The van der Waals surface area contributed by atoms with Crippen LogP contribution in [0.25, 0.3) is 0 Å². The second kappa shape index (κ2) is 4.28. The number of nitrogens with zero attached hydrogens (tertiary/aromatic N) is 1. The molecule has 18 heavy (non-hydrogen) atoms. The van der Waals surface area contributed by atoms with Crippen molar-refractivity contribution in [3.05, 3.63) is 29.3 Å². The van der Waals surface area contributed by atoms with Gasteiger partial charge in [0, 0.05) is 31.9 Å². The molecular weight excluding hydrogens is 228 g/mol. The number of hydrogen-bond donors (Lipinski definition) is 2. The second-order valence-corrected chi connectivity index (χ2v) is 5.25. The zero-order chi connectivity index (χ0) is 12.7. The van der Waals surface area contributed by atoms with Crippen LogP contribution in [0.5, 0.6) is 0 Å². The maximum Gasteiger partial charge on any atom is 0.307 e. The van der Waals surface area contributed by atoms with Crippen molar-refractivity contribution in [2.45, 2.75) is 18.9 Å². The highest BCUT2D eigenvalue weighted by molar-refractivity contribution is 5.71. The van der Waals surface area contributed by atoms with Gasteiger partial charge in [-0.15, -0.1) is 0 Å². The Morgan fingerprint density at radius 3 is 3.06 bits per heavy atom. The average Bonchev–Trinajstić information content (AvgIpc) is 2.97. The van der Waals surface area contributed by atoms with Crippen LogP contribution in [0.1, 0.15) is 23.6 Å². The Bertz CT molecular complexity index is 487. The fraction of sp³-hybridized carbons (Fsp3) is 0.500. The molecule has 2 aliphatic rings. The molecular formula is C14H18N2O2. The first-order valence-corrected chi connectivity index (χ1v) is 6.46. The lowest BCUT2D eigenvalue weighted by atomic mass is 9.95. The number of rotatable bonds is 2. The van der Waals surface area contributed by atoms with Crippen LogP contribution in [-0.4, -0.2) is 31.2 Å². The predicted molar refractivity (Wildman–Crippen MR) is 69.9 cm³/mol. The minimum absolute atomic E-state index is 0.201. The van der Waals surface area contributed by atoms with Crippen molar-refractivity contribution < 1.29 is 9.90 Å². The number of aliphatic carboxylic acids is 1. The smallest absolute Gasteiger partial charge is 0.307 e. The highest BCUT2D eigenvalue weighted by Gasteiger charge is 2.32. The summed E-state index contributed by atoms with van der Waals surface area (Å²) in [5.74, 6) is -0.931. The van der Waals surface area contributed by atoms with Crippen molar-refractivity contribution in [3.63, 3.8) is 0 Å². The number of fused-ring (bicyclic) bond motifs is 1. The summed E-state index contributed by atoms with van der Waals surface area (Å²) in [6.45, 7) is 1.64. The van der Waals surface area contributed by atoms with Gasteiger partial charge < -0.3 is 15.3 Å². The van der Waals surface area contributed by atoms with E-state index in [0.29, 0.717) is 13.0 Å². The molecule has 2 N–H and O–H groups in total. The normalized spacial score (nSPS) is 26.4. The standard InChI is InChI=1S/C14H18N2O2/c1-16-6-5-11-10(3-2-4-13(11)16)12-7-9(8-15-12)14(17)18/h2-4,9,12,15H,5-8H2,1H3,(H,17,18). The van der Waals surface area contributed by atoms with Crippen molar-refractivity contribution >= 4 is 11.7 Å². The molecule has 0 amide bonds. The zero-order valence-electron chi connectivity index (χ0n) is 10.5. The molecule has 3 rings (SSSR count). The zero-order valence-corrected chi connectivity index (χ0v) is 10.5. The first kappa shape index (κ1) is 11.5. The average molecular weight is 246 g/mol. The molecule has 4 nitrogen and oxygen atoms in total. The van der Waals surface area contributed by atoms with E-state index in [2.05, 4.69) is 35.5 Å². The summed E-state index contributed by atoms with van der Waals surface area (Å²) in [6.07, 6.45) is 1.77. The van der Waals surface area contributed by atoms with Crippen LogP contribution in [-0.2, 0) is 11.2 Å². The Morgan fingerprint density at radius 2 is 2.33 bits per heavy atom. The van der Waals surface area contributed by atoms with Gasteiger partial charge in [0.25, 0.3) is 0 Å². The summed E-state index contributed by atoms with van der Waals surface area (Å²) in [5.41, 5.74) is 3.98. The third-order valence-electron chi connectivity index (χ3n) is 4.15. The number of nitrogens with one attached hydrogen (secondary N) is 1. The Hall–Kier alpha value is -1.55. The molecule has 2 atom stereocenters. The largest absolute Gasteiger partial charge is 0.481 e. The van der Waals surface area contributed by atoms with E-state index in [-0.39, 0.29) is 12.0 Å². The summed E-state index contributed by atoms with van der Waals surface area (Å²) in [4.78, 5) is 13.3. The fourth-order valence-electron chi connectivity index (χ4n) is 3.11. The van der Waals surface area contributed by atoms with E-state index in [9.17, 15) is 4.79 Å². The van der Waals surface area contributed by atoms with Crippen molar-refractivity contribution in [3.8, 4) is 0 Å². The first-order chi connectivity index (χ1) is 8.66. The number of carboxylic acids is 1. The molecule has 0 aromatic heterocycles. The molecule has 2 aliphatic heterocycles. The lowest BCUT2D eigenvalue weighted by molar-refractivity contribution is -0.141. The predicted octanol–water partition coefficient (Wildman–Crippen LogP) is 1.41. The molecule has 0 spiro atoms. The summed E-state index contributed by atoms with van der Waals surface area (Å²) < 4.78 is 0.